The van der Waals surface area contributed by atoms with Gasteiger partial charge in [-0.25, -0.2) is 9.59 Å². The van der Waals surface area contributed by atoms with Crippen molar-refractivity contribution in [1.29, 1.82) is 0 Å². The molecule has 1 fully saturated rings. The fourth-order valence-electron chi connectivity index (χ4n) is 3.05. The minimum absolute atomic E-state index is 0.170. The van der Waals surface area contributed by atoms with Gasteiger partial charge in [0, 0.05) is 0 Å². The lowest BCUT2D eigenvalue weighted by Crippen LogP contribution is -2.36. The van der Waals surface area contributed by atoms with E-state index < -0.39 is 11.9 Å². The molecule has 0 bridgehead atoms. The number of ether oxygens (including phenoxy) is 2. The molecular formula is C16H18O4. The highest BCUT2D eigenvalue weighted by Crippen LogP contribution is 2.30. The molecule has 0 amide bonds. The van der Waals surface area contributed by atoms with E-state index in [4.69, 9.17) is 9.47 Å². The van der Waals surface area contributed by atoms with Crippen LogP contribution < -0.4 is 0 Å². The molecule has 20 heavy (non-hydrogen) atoms. The summed E-state index contributed by atoms with van der Waals surface area (Å²) in [7, 11) is 0. The van der Waals surface area contributed by atoms with Crippen molar-refractivity contribution in [3.8, 4) is 0 Å². The van der Waals surface area contributed by atoms with Gasteiger partial charge in [-0.05, 0) is 30.9 Å². The van der Waals surface area contributed by atoms with Crippen molar-refractivity contribution in [3.63, 3.8) is 0 Å². The molecule has 0 saturated heterocycles. The van der Waals surface area contributed by atoms with Gasteiger partial charge in [0.2, 0.25) is 0 Å². The van der Waals surface area contributed by atoms with Crippen LogP contribution in [0.2, 0.25) is 0 Å². The van der Waals surface area contributed by atoms with Crippen LogP contribution in [-0.4, -0.2) is 24.6 Å². The molecule has 0 spiro atoms. The number of cyclic esters (lactones) is 2. The Morgan fingerprint density at radius 1 is 0.900 bits per heavy atom. The fraction of sp³-hybridized carbons (Fsp3) is 0.500. The SMILES string of the molecule is O=C1OCC(C2CCCCC2)OC(=O)c2ccccc21. The maximum Gasteiger partial charge on any atom is 0.339 e. The number of rotatable bonds is 1. The van der Waals surface area contributed by atoms with E-state index in [1.165, 1.54) is 6.42 Å². The van der Waals surface area contributed by atoms with Crippen LogP contribution in [-0.2, 0) is 9.47 Å². The van der Waals surface area contributed by atoms with Crippen molar-refractivity contribution in [2.45, 2.75) is 38.2 Å². The Morgan fingerprint density at radius 3 is 2.25 bits per heavy atom. The first-order valence-electron chi connectivity index (χ1n) is 7.23. The van der Waals surface area contributed by atoms with E-state index in [0.29, 0.717) is 17.0 Å². The normalized spacial score (nSPS) is 24.1. The number of hydrogen-bond donors (Lipinski definition) is 0. The lowest BCUT2D eigenvalue weighted by atomic mass is 9.85. The fourth-order valence-corrected chi connectivity index (χ4v) is 3.05. The summed E-state index contributed by atoms with van der Waals surface area (Å²) < 4.78 is 10.9. The third-order valence-electron chi connectivity index (χ3n) is 4.18. The zero-order valence-electron chi connectivity index (χ0n) is 11.3. The average molecular weight is 274 g/mol. The number of esters is 2. The standard InChI is InChI=1S/C16H18O4/c17-15-12-8-4-5-9-13(12)16(18)20-14(10-19-15)11-6-2-1-3-7-11/h4-5,8-9,11,14H,1-3,6-7,10H2. The molecule has 4 heteroatoms. The predicted molar refractivity (Wildman–Crippen MR) is 72.5 cm³/mol. The second-order valence-electron chi connectivity index (χ2n) is 5.49. The zero-order valence-corrected chi connectivity index (χ0v) is 11.3. The number of hydrogen-bond acceptors (Lipinski definition) is 4. The Balaban J connectivity index is 1.84. The molecule has 0 N–H and O–H groups in total. The van der Waals surface area contributed by atoms with E-state index in [0.717, 1.165) is 25.7 Å². The van der Waals surface area contributed by atoms with Crippen LogP contribution in [0.25, 0.3) is 0 Å². The van der Waals surface area contributed by atoms with E-state index in [2.05, 4.69) is 0 Å². The minimum atomic E-state index is -0.432. The van der Waals surface area contributed by atoms with Crippen molar-refractivity contribution < 1.29 is 19.1 Å². The summed E-state index contributed by atoms with van der Waals surface area (Å²) in [4.78, 5) is 24.2. The molecule has 0 radical (unpaired) electrons. The second kappa shape index (κ2) is 5.65. The third kappa shape index (κ3) is 2.55. The molecule has 0 aromatic heterocycles. The van der Waals surface area contributed by atoms with Gasteiger partial charge in [-0.2, -0.15) is 0 Å². The van der Waals surface area contributed by atoms with Crippen molar-refractivity contribution in [2.24, 2.45) is 5.92 Å². The van der Waals surface area contributed by atoms with Gasteiger partial charge >= 0.3 is 11.9 Å². The first-order chi connectivity index (χ1) is 9.75. The summed E-state index contributed by atoms with van der Waals surface area (Å²) in [5, 5.41) is 0. The summed E-state index contributed by atoms with van der Waals surface area (Å²) in [5.41, 5.74) is 0.595. The Bertz CT molecular complexity index is 517. The Hall–Kier alpha value is -1.84. The molecule has 106 valence electrons. The molecular weight excluding hydrogens is 256 g/mol. The smallest absolute Gasteiger partial charge is 0.339 e. The third-order valence-corrected chi connectivity index (χ3v) is 4.18. The maximum atomic E-state index is 12.2. The van der Waals surface area contributed by atoms with Crippen molar-refractivity contribution >= 4 is 11.9 Å². The average Bonchev–Trinajstić information content (AvgIpc) is 2.50. The Labute approximate surface area is 118 Å². The number of benzene rings is 1. The van der Waals surface area contributed by atoms with E-state index in [9.17, 15) is 9.59 Å². The van der Waals surface area contributed by atoms with Gasteiger partial charge in [-0.15, -0.1) is 0 Å². The zero-order chi connectivity index (χ0) is 13.9. The van der Waals surface area contributed by atoms with Crippen LogP contribution in [0.3, 0.4) is 0 Å². The van der Waals surface area contributed by atoms with E-state index >= 15 is 0 Å². The molecule has 1 heterocycles. The van der Waals surface area contributed by atoms with Gasteiger partial charge in [0.1, 0.15) is 12.7 Å². The molecule has 1 atom stereocenters. The lowest BCUT2D eigenvalue weighted by molar-refractivity contribution is -0.0280. The maximum absolute atomic E-state index is 12.2. The van der Waals surface area contributed by atoms with Crippen molar-refractivity contribution in [2.75, 3.05) is 6.61 Å². The highest BCUT2D eigenvalue weighted by Gasteiger charge is 2.32. The molecule has 1 aromatic rings. The molecule has 1 aliphatic heterocycles. The molecule has 2 aliphatic rings. The summed E-state index contributed by atoms with van der Waals surface area (Å²) in [6, 6.07) is 6.65. The van der Waals surface area contributed by atoms with Crippen LogP contribution in [0.5, 0.6) is 0 Å². The van der Waals surface area contributed by atoms with Crippen LogP contribution in [0.1, 0.15) is 52.8 Å². The number of fused-ring (bicyclic) bond motifs is 1. The number of carbonyl (C=O) groups is 2. The van der Waals surface area contributed by atoms with Crippen LogP contribution in [0, 0.1) is 5.92 Å². The predicted octanol–water partition coefficient (Wildman–Crippen LogP) is 2.96. The first kappa shape index (κ1) is 13.2. The molecule has 1 saturated carbocycles. The lowest BCUT2D eigenvalue weighted by Gasteiger charge is -2.30. The quantitative estimate of drug-likeness (QED) is 0.739. The van der Waals surface area contributed by atoms with Gasteiger partial charge in [0.05, 0.1) is 11.1 Å². The number of carbonyl (C=O) groups excluding carboxylic acids is 2. The van der Waals surface area contributed by atoms with Crippen molar-refractivity contribution in [3.05, 3.63) is 35.4 Å². The van der Waals surface area contributed by atoms with E-state index in [-0.39, 0.29) is 12.7 Å². The highest BCUT2D eigenvalue weighted by atomic mass is 16.6. The largest absolute Gasteiger partial charge is 0.458 e. The summed E-state index contributed by atoms with van der Waals surface area (Å²) in [5.74, 6) is -0.531. The summed E-state index contributed by atoms with van der Waals surface area (Å²) >= 11 is 0. The second-order valence-corrected chi connectivity index (χ2v) is 5.49. The van der Waals surface area contributed by atoms with Gasteiger partial charge in [0.15, 0.2) is 0 Å². The van der Waals surface area contributed by atoms with Crippen molar-refractivity contribution in [1.82, 2.24) is 0 Å². The molecule has 1 unspecified atom stereocenters. The Morgan fingerprint density at radius 2 is 1.55 bits per heavy atom. The highest BCUT2D eigenvalue weighted by molar-refractivity contribution is 6.03. The Kier molecular flexibility index (Phi) is 3.72. The van der Waals surface area contributed by atoms with Gasteiger partial charge in [-0.1, -0.05) is 31.4 Å². The molecule has 3 rings (SSSR count). The van der Waals surface area contributed by atoms with Crippen LogP contribution in [0.15, 0.2) is 24.3 Å². The summed E-state index contributed by atoms with van der Waals surface area (Å²) in [6.07, 6.45) is 5.32. The van der Waals surface area contributed by atoms with E-state index in [1.807, 2.05) is 0 Å². The molecule has 1 aromatic carbocycles. The summed E-state index contributed by atoms with van der Waals surface area (Å²) in [6.45, 7) is 0.170. The van der Waals surface area contributed by atoms with Gasteiger partial charge in [-0.3, -0.25) is 0 Å². The van der Waals surface area contributed by atoms with Gasteiger partial charge < -0.3 is 9.47 Å². The molecule has 4 nitrogen and oxygen atoms in total. The first-order valence-corrected chi connectivity index (χ1v) is 7.23. The topological polar surface area (TPSA) is 52.6 Å². The van der Waals surface area contributed by atoms with Crippen LogP contribution in [0.4, 0.5) is 0 Å². The van der Waals surface area contributed by atoms with Crippen LogP contribution >= 0.6 is 0 Å². The monoisotopic (exact) mass is 274 g/mol. The minimum Gasteiger partial charge on any atom is -0.458 e. The molecule has 1 aliphatic carbocycles. The van der Waals surface area contributed by atoms with E-state index in [1.54, 1.807) is 24.3 Å². The van der Waals surface area contributed by atoms with Gasteiger partial charge in [0.25, 0.3) is 0 Å².